The molecule has 0 spiro atoms. The van der Waals surface area contributed by atoms with E-state index in [4.69, 9.17) is 9.47 Å². The molecule has 2 N–H and O–H groups in total. The lowest BCUT2D eigenvalue weighted by molar-refractivity contribution is -0.0240. The monoisotopic (exact) mass is 380 g/mol. The van der Waals surface area contributed by atoms with Crippen LogP contribution in [0, 0.1) is 11.8 Å². The maximum atomic E-state index is 10.7. The van der Waals surface area contributed by atoms with Crippen molar-refractivity contribution in [1.82, 2.24) is 15.0 Å². The van der Waals surface area contributed by atoms with Gasteiger partial charge in [-0.05, 0) is 42.9 Å². The molecular weight excluding hydrogens is 356 g/mol. The van der Waals surface area contributed by atoms with E-state index in [1.54, 1.807) is 7.11 Å². The number of nitrogens with zero attached hydrogens (tertiary/aromatic N) is 3. The number of nitrogens with one attached hydrogen (secondary N) is 1. The quantitative estimate of drug-likeness (QED) is 0.724. The number of fused-ring (bicyclic) bond motifs is 2. The number of benzene rings is 1. The predicted octanol–water partition coefficient (Wildman–Crippen LogP) is 2.62. The molecule has 0 unspecified atom stereocenters. The summed E-state index contributed by atoms with van der Waals surface area (Å²) in [5, 5.41) is 11.7. The van der Waals surface area contributed by atoms with Crippen molar-refractivity contribution in [3.63, 3.8) is 0 Å². The lowest BCUT2D eigenvalue weighted by atomic mass is 9.78. The van der Waals surface area contributed by atoms with Gasteiger partial charge in [0, 0.05) is 30.9 Å². The first-order valence-corrected chi connectivity index (χ1v) is 9.74. The Balaban J connectivity index is 1.31. The van der Waals surface area contributed by atoms with Gasteiger partial charge in [-0.3, -0.25) is 0 Å². The van der Waals surface area contributed by atoms with Gasteiger partial charge in [0.25, 0.3) is 0 Å². The third kappa shape index (κ3) is 3.05. The topological polar surface area (TPSA) is 83.5 Å². The van der Waals surface area contributed by atoms with Crippen LogP contribution in [0.25, 0.3) is 11.0 Å². The van der Waals surface area contributed by atoms with Gasteiger partial charge >= 0.3 is 0 Å². The molecule has 1 aliphatic heterocycles. The number of aromatic amines is 1. The molecule has 146 valence electrons. The minimum Gasteiger partial charge on any atom is -0.493 e. The van der Waals surface area contributed by atoms with Crippen molar-refractivity contribution < 1.29 is 14.6 Å². The van der Waals surface area contributed by atoms with Crippen molar-refractivity contribution in [2.24, 2.45) is 11.8 Å². The second-order valence-corrected chi connectivity index (χ2v) is 7.72. The Kier molecular flexibility index (Phi) is 4.31. The van der Waals surface area contributed by atoms with Crippen LogP contribution in [0.4, 0.5) is 5.95 Å². The van der Waals surface area contributed by atoms with E-state index in [0.29, 0.717) is 23.3 Å². The van der Waals surface area contributed by atoms with Crippen molar-refractivity contribution >= 4 is 17.0 Å². The summed E-state index contributed by atoms with van der Waals surface area (Å²) >= 11 is 0. The van der Waals surface area contributed by atoms with Crippen LogP contribution < -0.4 is 14.4 Å². The molecule has 28 heavy (non-hydrogen) atoms. The zero-order valence-corrected chi connectivity index (χ0v) is 15.8. The molecule has 1 aliphatic carbocycles. The highest BCUT2D eigenvalue weighted by atomic mass is 16.5. The van der Waals surface area contributed by atoms with Gasteiger partial charge in [0.05, 0.1) is 13.2 Å². The average molecular weight is 380 g/mol. The van der Waals surface area contributed by atoms with Gasteiger partial charge < -0.3 is 24.5 Å². The number of methoxy groups -OCH3 is 1. The number of para-hydroxylation sites is 2. The van der Waals surface area contributed by atoms with Crippen molar-refractivity contribution in [3.05, 3.63) is 42.7 Å². The summed E-state index contributed by atoms with van der Waals surface area (Å²) in [6, 6.07) is 9.56. The van der Waals surface area contributed by atoms with Gasteiger partial charge in [-0.1, -0.05) is 12.1 Å². The number of hydrogen-bond donors (Lipinski definition) is 2. The maximum absolute atomic E-state index is 10.7. The summed E-state index contributed by atoms with van der Waals surface area (Å²) in [4.78, 5) is 14.6. The molecule has 2 fully saturated rings. The largest absolute Gasteiger partial charge is 0.493 e. The summed E-state index contributed by atoms with van der Waals surface area (Å²) < 4.78 is 11.5. The molecule has 3 aromatic rings. The summed E-state index contributed by atoms with van der Waals surface area (Å²) in [6.45, 7) is 1.75. The first-order valence-electron chi connectivity index (χ1n) is 9.74. The van der Waals surface area contributed by atoms with Gasteiger partial charge in [0.15, 0.2) is 11.5 Å². The molecule has 7 heteroatoms. The fourth-order valence-corrected chi connectivity index (χ4v) is 4.54. The fraction of sp³-hybridized carbons (Fsp3) is 0.429. The van der Waals surface area contributed by atoms with E-state index in [2.05, 4.69) is 19.9 Å². The molecule has 0 bridgehead atoms. The molecule has 1 aromatic carbocycles. The fourth-order valence-electron chi connectivity index (χ4n) is 4.54. The Labute approximate surface area is 163 Å². The highest BCUT2D eigenvalue weighted by Gasteiger charge is 2.43. The minimum atomic E-state index is -0.488. The number of rotatable bonds is 4. The highest BCUT2D eigenvalue weighted by Crippen LogP contribution is 2.40. The molecule has 0 amide bonds. The summed E-state index contributed by atoms with van der Waals surface area (Å²) in [7, 11) is 1.63. The molecular formula is C21H24N4O3. The highest BCUT2D eigenvalue weighted by molar-refractivity contribution is 5.75. The molecule has 1 saturated heterocycles. The predicted molar refractivity (Wildman–Crippen MR) is 106 cm³/mol. The SMILES string of the molecule is COc1ccccc1O[C@@H]1C[C@@H]2CN(c3ncc4cc[nH]c4n3)C[C@@H]2C[C@H]1O. The molecule has 4 atom stereocenters. The smallest absolute Gasteiger partial charge is 0.227 e. The van der Waals surface area contributed by atoms with E-state index in [1.165, 1.54) is 0 Å². The number of anilines is 1. The summed E-state index contributed by atoms with van der Waals surface area (Å²) in [6.07, 6.45) is 4.56. The Hall–Kier alpha value is -2.80. The van der Waals surface area contributed by atoms with E-state index in [-0.39, 0.29) is 6.10 Å². The van der Waals surface area contributed by atoms with E-state index in [9.17, 15) is 5.11 Å². The number of aliphatic hydroxyl groups excluding tert-OH is 1. The van der Waals surface area contributed by atoms with E-state index < -0.39 is 6.10 Å². The van der Waals surface area contributed by atoms with Gasteiger partial charge in [0.2, 0.25) is 5.95 Å². The van der Waals surface area contributed by atoms with Gasteiger partial charge in [-0.15, -0.1) is 0 Å². The third-order valence-corrected chi connectivity index (χ3v) is 6.00. The van der Waals surface area contributed by atoms with E-state index in [1.807, 2.05) is 42.7 Å². The maximum Gasteiger partial charge on any atom is 0.227 e. The first kappa shape index (κ1) is 17.3. The number of aliphatic hydroxyl groups is 1. The van der Waals surface area contributed by atoms with E-state index >= 15 is 0 Å². The van der Waals surface area contributed by atoms with Crippen molar-refractivity contribution in [2.45, 2.75) is 25.0 Å². The van der Waals surface area contributed by atoms with Crippen LogP contribution in [0.5, 0.6) is 11.5 Å². The minimum absolute atomic E-state index is 0.232. The Morgan fingerprint density at radius 3 is 2.71 bits per heavy atom. The normalized spacial score (nSPS) is 27.0. The third-order valence-electron chi connectivity index (χ3n) is 6.00. The molecule has 7 nitrogen and oxygen atoms in total. The first-order chi connectivity index (χ1) is 13.7. The van der Waals surface area contributed by atoms with Crippen LogP contribution in [-0.4, -0.2) is 52.5 Å². The Morgan fingerprint density at radius 2 is 1.89 bits per heavy atom. The average Bonchev–Trinajstić information content (AvgIpc) is 3.34. The standard InChI is InChI=1S/C21H24N4O3/c1-27-17-4-2-3-5-18(17)28-19-9-15-12-25(11-14(15)8-16(19)26)21-23-10-13-6-7-22-20(13)24-21/h2-7,10,14-16,19,26H,8-9,11-12H2,1H3,(H,22,23,24)/t14-,15+,16+,19+/m0/s1. The molecule has 1 saturated carbocycles. The molecule has 2 aliphatic rings. The van der Waals surface area contributed by atoms with Crippen LogP contribution in [0.2, 0.25) is 0 Å². The molecule has 5 rings (SSSR count). The van der Waals surface area contributed by atoms with Crippen molar-refractivity contribution in [1.29, 1.82) is 0 Å². The van der Waals surface area contributed by atoms with Crippen molar-refractivity contribution in [3.8, 4) is 11.5 Å². The Bertz CT molecular complexity index is 975. The summed E-state index contributed by atoms with van der Waals surface area (Å²) in [5.41, 5.74) is 0.859. The van der Waals surface area contributed by atoms with Gasteiger partial charge in [-0.2, -0.15) is 4.98 Å². The second kappa shape index (κ2) is 6.98. The van der Waals surface area contributed by atoms with Crippen LogP contribution in [0.1, 0.15) is 12.8 Å². The molecule has 2 aromatic heterocycles. The van der Waals surface area contributed by atoms with E-state index in [0.717, 1.165) is 42.9 Å². The zero-order chi connectivity index (χ0) is 19.1. The molecule has 3 heterocycles. The van der Waals surface area contributed by atoms with Gasteiger partial charge in [0.1, 0.15) is 11.8 Å². The number of aromatic nitrogens is 3. The number of ether oxygens (including phenoxy) is 2. The van der Waals surface area contributed by atoms with Crippen LogP contribution in [-0.2, 0) is 0 Å². The number of hydrogen-bond acceptors (Lipinski definition) is 6. The molecule has 0 radical (unpaired) electrons. The summed E-state index contributed by atoms with van der Waals surface area (Å²) in [5.74, 6) is 3.00. The Morgan fingerprint density at radius 1 is 1.11 bits per heavy atom. The van der Waals surface area contributed by atoms with Crippen molar-refractivity contribution in [2.75, 3.05) is 25.1 Å². The lowest BCUT2D eigenvalue weighted by Crippen LogP contribution is -2.42. The number of H-pyrrole nitrogens is 1. The second-order valence-electron chi connectivity index (χ2n) is 7.72. The zero-order valence-electron chi connectivity index (χ0n) is 15.8. The lowest BCUT2D eigenvalue weighted by Gasteiger charge is -2.35. The van der Waals surface area contributed by atoms with Crippen LogP contribution in [0.15, 0.2) is 42.7 Å². The van der Waals surface area contributed by atoms with Crippen LogP contribution in [0.3, 0.4) is 0 Å². The van der Waals surface area contributed by atoms with Crippen LogP contribution >= 0.6 is 0 Å². The van der Waals surface area contributed by atoms with Gasteiger partial charge in [-0.25, -0.2) is 4.98 Å².